The van der Waals surface area contributed by atoms with Crippen LogP contribution in [0.15, 0.2) is 12.1 Å². The second-order valence-corrected chi connectivity index (χ2v) is 5.06. The van der Waals surface area contributed by atoms with E-state index in [1.807, 2.05) is 0 Å². The lowest BCUT2D eigenvalue weighted by Gasteiger charge is -2.13. The number of carbonyl (C=O) groups is 3. The van der Waals surface area contributed by atoms with Crippen LogP contribution in [0.5, 0.6) is 11.5 Å². The summed E-state index contributed by atoms with van der Waals surface area (Å²) in [5, 5.41) is 13.7. The van der Waals surface area contributed by atoms with Crippen molar-refractivity contribution in [3.05, 3.63) is 27.8 Å². The maximum atomic E-state index is 12.2. The van der Waals surface area contributed by atoms with Gasteiger partial charge in [-0.15, -0.1) is 0 Å². The number of hydrogen-bond acceptors (Lipinski definition) is 8. The zero-order valence-corrected chi connectivity index (χ0v) is 14.1. The number of benzene rings is 1. The first kappa shape index (κ1) is 19.0. The molecule has 0 radical (unpaired) electrons. The number of hydrogen-bond donors (Lipinski definition) is 1. The normalized spacial score (nSPS) is 13.2. The number of amides is 3. The second kappa shape index (κ2) is 8.14. The fraction of sp³-hybridized carbons (Fsp3) is 0.400. The third kappa shape index (κ3) is 3.99. The second-order valence-electron chi connectivity index (χ2n) is 5.06. The van der Waals surface area contributed by atoms with Gasteiger partial charge in [0.1, 0.15) is 5.56 Å². The zero-order chi connectivity index (χ0) is 19.3. The number of nitrogens with zero attached hydrogens (tertiary/aromatic N) is 2. The Morgan fingerprint density at radius 1 is 1.35 bits per heavy atom. The van der Waals surface area contributed by atoms with Crippen molar-refractivity contribution in [1.29, 1.82) is 0 Å². The highest BCUT2D eigenvalue weighted by molar-refractivity contribution is 5.99. The summed E-state index contributed by atoms with van der Waals surface area (Å²) >= 11 is 0. The molecule has 3 amide bonds. The summed E-state index contributed by atoms with van der Waals surface area (Å²) in [4.78, 5) is 46.9. The van der Waals surface area contributed by atoms with E-state index in [0.29, 0.717) is 6.54 Å². The van der Waals surface area contributed by atoms with Crippen LogP contribution in [-0.4, -0.2) is 61.1 Å². The molecule has 1 saturated heterocycles. The molecule has 2 rings (SSSR count). The molecule has 0 unspecified atom stereocenters. The van der Waals surface area contributed by atoms with Crippen molar-refractivity contribution in [3.8, 4) is 11.5 Å². The molecule has 1 N–H and O–H groups in total. The molecule has 1 aliphatic heterocycles. The van der Waals surface area contributed by atoms with Gasteiger partial charge in [-0.05, 0) is 6.92 Å². The first-order valence-electron chi connectivity index (χ1n) is 7.63. The number of ether oxygens (including phenoxy) is 3. The van der Waals surface area contributed by atoms with Crippen molar-refractivity contribution < 1.29 is 33.5 Å². The van der Waals surface area contributed by atoms with E-state index in [9.17, 15) is 24.5 Å². The minimum atomic E-state index is -1.09. The fourth-order valence-electron chi connectivity index (χ4n) is 2.28. The molecular weight excluding hydrogens is 350 g/mol. The van der Waals surface area contributed by atoms with Crippen molar-refractivity contribution in [2.75, 3.05) is 33.4 Å². The van der Waals surface area contributed by atoms with Gasteiger partial charge in [0.15, 0.2) is 18.1 Å². The van der Waals surface area contributed by atoms with E-state index in [1.165, 1.54) is 7.11 Å². The first-order chi connectivity index (χ1) is 12.4. The summed E-state index contributed by atoms with van der Waals surface area (Å²) in [5.41, 5.74) is -0.945. The fourth-order valence-corrected chi connectivity index (χ4v) is 2.28. The zero-order valence-electron chi connectivity index (χ0n) is 14.1. The maximum Gasteiger partial charge on any atom is 0.345 e. The van der Waals surface area contributed by atoms with Crippen molar-refractivity contribution in [2.45, 2.75) is 6.92 Å². The maximum absolute atomic E-state index is 12.2. The predicted octanol–water partition coefficient (Wildman–Crippen LogP) is 0.711. The van der Waals surface area contributed by atoms with Gasteiger partial charge in [0.25, 0.3) is 11.6 Å². The van der Waals surface area contributed by atoms with E-state index < -0.39 is 40.7 Å². The number of imide groups is 1. The number of nitrogens with one attached hydrogen (secondary N) is 1. The highest BCUT2D eigenvalue weighted by atomic mass is 16.6. The molecule has 0 atom stereocenters. The van der Waals surface area contributed by atoms with Crippen molar-refractivity contribution >= 4 is 23.6 Å². The molecule has 11 nitrogen and oxygen atoms in total. The number of nitro groups is 1. The molecule has 1 heterocycles. The molecule has 1 fully saturated rings. The van der Waals surface area contributed by atoms with Gasteiger partial charge in [-0.25, -0.2) is 9.59 Å². The average Bonchev–Trinajstić information content (AvgIpc) is 3.05. The number of nitro benzene ring substituents is 1. The van der Waals surface area contributed by atoms with Gasteiger partial charge in [-0.3, -0.25) is 19.8 Å². The van der Waals surface area contributed by atoms with Crippen molar-refractivity contribution in [1.82, 2.24) is 10.2 Å². The lowest BCUT2D eigenvalue weighted by molar-refractivity contribution is -0.385. The molecule has 140 valence electrons. The Bertz CT molecular complexity index is 749. The lowest BCUT2D eigenvalue weighted by Crippen LogP contribution is -2.37. The summed E-state index contributed by atoms with van der Waals surface area (Å²) < 4.78 is 15.1. The quantitative estimate of drug-likeness (QED) is 0.422. The molecule has 1 aliphatic rings. The Kier molecular flexibility index (Phi) is 5.94. The van der Waals surface area contributed by atoms with E-state index in [1.54, 1.807) is 6.92 Å². The number of methoxy groups -OCH3 is 1. The Labute approximate surface area is 147 Å². The monoisotopic (exact) mass is 367 g/mol. The van der Waals surface area contributed by atoms with Gasteiger partial charge in [-0.2, -0.15) is 0 Å². The summed E-state index contributed by atoms with van der Waals surface area (Å²) in [7, 11) is 1.30. The van der Waals surface area contributed by atoms with E-state index in [2.05, 4.69) is 5.32 Å². The van der Waals surface area contributed by atoms with Crippen LogP contribution in [0.25, 0.3) is 0 Å². The van der Waals surface area contributed by atoms with Crippen LogP contribution >= 0.6 is 0 Å². The van der Waals surface area contributed by atoms with Gasteiger partial charge < -0.3 is 19.5 Å². The minimum absolute atomic E-state index is 0.0833. The van der Waals surface area contributed by atoms with E-state index in [0.717, 1.165) is 17.0 Å². The molecule has 26 heavy (non-hydrogen) atoms. The molecule has 1 aromatic rings. The summed E-state index contributed by atoms with van der Waals surface area (Å²) in [6.07, 6.45) is 0. The van der Waals surface area contributed by atoms with Crippen LogP contribution in [-0.2, 0) is 9.53 Å². The van der Waals surface area contributed by atoms with Crippen LogP contribution in [0, 0.1) is 10.1 Å². The molecular formula is C15H17N3O8. The smallest absolute Gasteiger partial charge is 0.345 e. The van der Waals surface area contributed by atoms with Crippen molar-refractivity contribution in [2.24, 2.45) is 0 Å². The lowest BCUT2D eigenvalue weighted by atomic mass is 10.1. The van der Waals surface area contributed by atoms with Gasteiger partial charge in [-0.1, -0.05) is 0 Å². The standard InChI is InChI=1S/C15H17N3O8/c1-3-25-12-6-9(10(18(22)23)7-11(12)24-2)14(20)26-8-13(19)17-5-4-16-15(17)21/h6-7H,3-5,8H2,1-2H3,(H,16,21). The number of carbonyl (C=O) groups excluding carboxylic acids is 3. The predicted molar refractivity (Wildman–Crippen MR) is 86.2 cm³/mol. The third-order valence-corrected chi connectivity index (χ3v) is 3.48. The third-order valence-electron chi connectivity index (χ3n) is 3.48. The topological polar surface area (TPSA) is 137 Å². The molecule has 1 aromatic carbocycles. The average molecular weight is 367 g/mol. The van der Waals surface area contributed by atoms with Gasteiger partial charge >= 0.3 is 12.0 Å². The van der Waals surface area contributed by atoms with E-state index in [-0.39, 0.29) is 24.7 Å². The van der Waals surface area contributed by atoms with Crippen LogP contribution < -0.4 is 14.8 Å². The molecule has 0 spiro atoms. The SMILES string of the molecule is CCOc1cc(C(=O)OCC(=O)N2CCNC2=O)c([N+](=O)[O-])cc1OC. The number of rotatable bonds is 7. The van der Waals surface area contributed by atoms with Gasteiger partial charge in [0, 0.05) is 19.2 Å². The summed E-state index contributed by atoms with van der Waals surface area (Å²) in [6.45, 7) is 1.68. The van der Waals surface area contributed by atoms with Crippen LogP contribution in [0.3, 0.4) is 0 Å². The van der Waals surface area contributed by atoms with E-state index >= 15 is 0 Å². The Balaban J connectivity index is 2.20. The largest absolute Gasteiger partial charge is 0.493 e. The molecule has 0 aromatic heterocycles. The van der Waals surface area contributed by atoms with E-state index in [4.69, 9.17) is 14.2 Å². The highest BCUT2D eigenvalue weighted by Crippen LogP contribution is 2.35. The number of urea groups is 1. The molecule has 0 bridgehead atoms. The first-order valence-corrected chi connectivity index (χ1v) is 7.63. The summed E-state index contributed by atoms with van der Waals surface area (Å²) in [5.74, 6) is -1.61. The molecule has 0 saturated carbocycles. The number of esters is 1. The Hall–Kier alpha value is -3.37. The van der Waals surface area contributed by atoms with Crippen molar-refractivity contribution in [3.63, 3.8) is 0 Å². The Morgan fingerprint density at radius 3 is 2.62 bits per heavy atom. The van der Waals surface area contributed by atoms with Crippen LogP contribution in [0.1, 0.15) is 17.3 Å². The van der Waals surface area contributed by atoms with Crippen LogP contribution in [0.4, 0.5) is 10.5 Å². The minimum Gasteiger partial charge on any atom is -0.493 e. The van der Waals surface area contributed by atoms with Crippen LogP contribution in [0.2, 0.25) is 0 Å². The molecule has 11 heteroatoms. The highest BCUT2D eigenvalue weighted by Gasteiger charge is 2.29. The van der Waals surface area contributed by atoms with Gasteiger partial charge in [0.05, 0.1) is 24.7 Å². The molecule has 0 aliphatic carbocycles. The van der Waals surface area contributed by atoms with Gasteiger partial charge in [0.2, 0.25) is 0 Å². The Morgan fingerprint density at radius 2 is 2.08 bits per heavy atom. The summed E-state index contributed by atoms with van der Waals surface area (Å²) in [6, 6.07) is 1.58.